The SMILES string of the molecule is CCCN1CCC(C(C)NCc2cc(C)on2)CC1. The monoisotopic (exact) mass is 265 g/mol. The molecule has 19 heavy (non-hydrogen) atoms. The third-order valence-electron chi connectivity index (χ3n) is 4.16. The number of hydrogen-bond donors (Lipinski definition) is 1. The summed E-state index contributed by atoms with van der Waals surface area (Å²) in [4.78, 5) is 2.59. The van der Waals surface area contributed by atoms with E-state index in [1.54, 1.807) is 0 Å². The highest BCUT2D eigenvalue weighted by Gasteiger charge is 2.23. The van der Waals surface area contributed by atoms with Gasteiger partial charge >= 0.3 is 0 Å². The van der Waals surface area contributed by atoms with Crippen LogP contribution < -0.4 is 5.32 Å². The van der Waals surface area contributed by atoms with E-state index in [0.29, 0.717) is 6.04 Å². The second-order valence-electron chi connectivity index (χ2n) is 5.78. The normalized spacial score (nSPS) is 19.7. The second-order valence-corrected chi connectivity index (χ2v) is 5.78. The van der Waals surface area contributed by atoms with Crippen LogP contribution in [0.15, 0.2) is 10.6 Å². The molecule has 1 saturated heterocycles. The van der Waals surface area contributed by atoms with Crippen LogP contribution in [0.4, 0.5) is 0 Å². The van der Waals surface area contributed by atoms with Crippen molar-refractivity contribution in [3.8, 4) is 0 Å². The number of piperidine rings is 1. The molecule has 1 atom stereocenters. The molecule has 4 nitrogen and oxygen atoms in total. The van der Waals surface area contributed by atoms with Crippen LogP contribution in [0.5, 0.6) is 0 Å². The maximum atomic E-state index is 5.09. The summed E-state index contributed by atoms with van der Waals surface area (Å²) in [5.74, 6) is 1.68. The van der Waals surface area contributed by atoms with Gasteiger partial charge in [-0.25, -0.2) is 0 Å². The topological polar surface area (TPSA) is 41.3 Å². The number of nitrogens with one attached hydrogen (secondary N) is 1. The Morgan fingerprint density at radius 1 is 1.47 bits per heavy atom. The number of hydrogen-bond acceptors (Lipinski definition) is 4. The van der Waals surface area contributed by atoms with Crippen LogP contribution in [0.3, 0.4) is 0 Å². The molecule has 1 aromatic heterocycles. The first-order chi connectivity index (χ1) is 9.19. The lowest BCUT2D eigenvalue weighted by molar-refractivity contribution is 0.162. The van der Waals surface area contributed by atoms with Gasteiger partial charge in [0.2, 0.25) is 0 Å². The molecule has 4 heteroatoms. The van der Waals surface area contributed by atoms with E-state index in [1.807, 2.05) is 13.0 Å². The van der Waals surface area contributed by atoms with Gasteiger partial charge in [0, 0.05) is 18.7 Å². The third-order valence-corrected chi connectivity index (χ3v) is 4.16. The minimum Gasteiger partial charge on any atom is -0.361 e. The maximum Gasteiger partial charge on any atom is 0.133 e. The summed E-state index contributed by atoms with van der Waals surface area (Å²) in [6.07, 6.45) is 3.89. The zero-order chi connectivity index (χ0) is 13.7. The van der Waals surface area contributed by atoms with Gasteiger partial charge in [-0.1, -0.05) is 12.1 Å². The summed E-state index contributed by atoms with van der Waals surface area (Å²) >= 11 is 0. The van der Waals surface area contributed by atoms with E-state index in [4.69, 9.17) is 4.52 Å². The molecule has 0 aliphatic carbocycles. The van der Waals surface area contributed by atoms with Gasteiger partial charge < -0.3 is 14.7 Å². The van der Waals surface area contributed by atoms with Gasteiger partial charge in [-0.2, -0.15) is 0 Å². The van der Waals surface area contributed by atoms with Crippen LogP contribution in [0, 0.1) is 12.8 Å². The molecular formula is C15H27N3O. The van der Waals surface area contributed by atoms with Crippen LogP contribution in [-0.2, 0) is 6.54 Å². The van der Waals surface area contributed by atoms with E-state index >= 15 is 0 Å². The molecule has 1 unspecified atom stereocenters. The molecule has 1 aliphatic rings. The molecule has 1 aliphatic heterocycles. The number of aromatic nitrogens is 1. The van der Waals surface area contributed by atoms with Gasteiger partial charge in [0.25, 0.3) is 0 Å². The molecule has 2 rings (SSSR count). The zero-order valence-corrected chi connectivity index (χ0v) is 12.5. The van der Waals surface area contributed by atoms with Crippen molar-refractivity contribution in [3.05, 3.63) is 17.5 Å². The molecule has 0 amide bonds. The molecule has 0 aromatic carbocycles. The lowest BCUT2D eigenvalue weighted by atomic mass is 9.90. The van der Waals surface area contributed by atoms with Crippen LogP contribution >= 0.6 is 0 Å². The lowest BCUT2D eigenvalue weighted by Crippen LogP contribution is -2.42. The lowest BCUT2D eigenvalue weighted by Gasteiger charge is -2.35. The Labute approximate surface area is 116 Å². The predicted octanol–water partition coefficient (Wildman–Crippen LogP) is 2.58. The van der Waals surface area contributed by atoms with E-state index in [2.05, 4.69) is 29.2 Å². The average Bonchev–Trinajstić information content (AvgIpc) is 2.83. The van der Waals surface area contributed by atoms with Crippen molar-refractivity contribution in [1.29, 1.82) is 0 Å². The minimum atomic E-state index is 0.556. The fourth-order valence-corrected chi connectivity index (χ4v) is 2.93. The molecule has 0 bridgehead atoms. The van der Waals surface area contributed by atoms with Crippen molar-refractivity contribution < 1.29 is 4.52 Å². The van der Waals surface area contributed by atoms with Gasteiger partial charge in [-0.3, -0.25) is 0 Å². The highest BCUT2D eigenvalue weighted by Crippen LogP contribution is 2.21. The largest absolute Gasteiger partial charge is 0.361 e. The van der Waals surface area contributed by atoms with Gasteiger partial charge in [-0.05, 0) is 58.7 Å². The summed E-state index contributed by atoms with van der Waals surface area (Å²) in [5.41, 5.74) is 1.01. The molecule has 0 radical (unpaired) electrons. The van der Waals surface area contributed by atoms with E-state index in [1.165, 1.54) is 38.9 Å². The summed E-state index contributed by atoms with van der Waals surface area (Å²) in [5, 5.41) is 7.61. The van der Waals surface area contributed by atoms with Crippen LogP contribution in [0.25, 0.3) is 0 Å². The van der Waals surface area contributed by atoms with Gasteiger partial charge in [-0.15, -0.1) is 0 Å². The van der Waals surface area contributed by atoms with Crippen molar-refractivity contribution in [1.82, 2.24) is 15.4 Å². The fourth-order valence-electron chi connectivity index (χ4n) is 2.93. The Kier molecular flexibility index (Phi) is 5.40. The molecule has 1 N–H and O–H groups in total. The van der Waals surface area contributed by atoms with E-state index in [-0.39, 0.29) is 0 Å². The Morgan fingerprint density at radius 3 is 2.79 bits per heavy atom. The molecular weight excluding hydrogens is 238 g/mol. The molecule has 2 heterocycles. The first-order valence-corrected chi connectivity index (χ1v) is 7.57. The van der Waals surface area contributed by atoms with E-state index in [0.717, 1.165) is 23.9 Å². The first-order valence-electron chi connectivity index (χ1n) is 7.57. The number of rotatable bonds is 6. The number of nitrogens with zero attached hydrogens (tertiary/aromatic N) is 2. The Morgan fingerprint density at radius 2 is 2.21 bits per heavy atom. The zero-order valence-electron chi connectivity index (χ0n) is 12.5. The van der Waals surface area contributed by atoms with E-state index < -0.39 is 0 Å². The summed E-state index contributed by atoms with van der Waals surface area (Å²) in [6, 6.07) is 2.56. The van der Waals surface area contributed by atoms with Crippen molar-refractivity contribution in [2.75, 3.05) is 19.6 Å². The van der Waals surface area contributed by atoms with Crippen molar-refractivity contribution in [3.63, 3.8) is 0 Å². The minimum absolute atomic E-state index is 0.556. The predicted molar refractivity (Wildman–Crippen MR) is 77.0 cm³/mol. The van der Waals surface area contributed by atoms with Crippen LogP contribution in [-0.4, -0.2) is 35.7 Å². The van der Waals surface area contributed by atoms with Crippen LogP contribution in [0.2, 0.25) is 0 Å². The molecule has 108 valence electrons. The van der Waals surface area contributed by atoms with Gasteiger partial charge in [0.15, 0.2) is 0 Å². The van der Waals surface area contributed by atoms with Crippen molar-refractivity contribution in [2.24, 2.45) is 5.92 Å². The first kappa shape index (κ1) is 14.5. The Bertz CT molecular complexity index is 369. The van der Waals surface area contributed by atoms with E-state index in [9.17, 15) is 0 Å². The second kappa shape index (κ2) is 7.06. The van der Waals surface area contributed by atoms with Crippen molar-refractivity contribution >= 4 is 0 Å². The molecule has 1 aromatic rings. The Balaban J connectivity index is 1.70. The summed E-state index contributed by atoms with van der Waals surface area (Å²) < 4.78 is 5.09. The van der Waals surface area contributed by atoms with Crippen molar-refractivity contribution in [2.45, 2.75) is 52.6 Å². The van der Waals surface area contributed by atoms with Gasteiger partial charge in [0.1, 0.15) is 5.76 Å². The summed E-state index contributed by atoms with van der Waals surface area (Å²) in [6.45, 7) is 11.1. The standard InChI is InChI=1S/C15H27N3O/c1-4-7-18-8-5-14(6-9-18)13(3)16-11-15-10-12(2)19-17-15/h10,13-14,16H,4-9,11H2,1-3H3. The quantitative estimate of drug-likeness (QED) is 0.858. The highest BCUT2D eigenvalue weighted by atomic mass is 16.5. The number of likely N-dealkylation sites (tertiary alicyclic amines) is 1. The maximum absolute atomic E-state index is 5.09. The molecule has 0 spiro atoms. The summed E-state index contributed by atoms with van der Waals surface area (Å²) in [7, 11) is 0. The van der Waals surface area contributed by atoms with Gasteiger partial charge in [0.05, 0.1) is 5.69 Å². The Hall–Kier alpha value is -0.870. The molecule has 1 fully saturated rings. The third kappa shape index (κ3) is 4.32. The average molecular weight is 265 g/mol. The number of aryl methyl sites for hydroxylation is 1. The van der Waals surface area contributed by atoms with Crippen LogP contribution in [0.1, 0.15) is 44.6 Å². The fraction of sp³-hybridized carbons (Fsp3) is 0.800. The molecule has 0 saturated carbocycles. The smallest absolute Gasteiger partial charge is 0.133 e. The highest BCUT2D eigenvalue weighted by molar-refractivity contribution is 5.03.